The second-order valence-electron chi connectivity index (χ2n) is 4.29. The molecule has 19 heavy (non-hydrogen) atoms. The second-order valence-corrected chi connectivity index (χ2v) is 4.29. The van der Waals surface area contributed by atoms with E-state index in [2.05, 4.69) is 5.32 Å². The predicted octanol–water partition coefficient (Wildman–Crippen LogP) is -0.395. The number of aliphatic carboxylic acids is 1. The molecular weight excluding hydrogens is 252 g/mol. The summed E-state index contributed by atoms with van der Waals surface area (Å²) in [6.07, 6.45) is 0.483. The van der Waals surface area contributed by atoms with Crippen LogP contribution in [0.5, 0.6) is 0 Å². The van der Waals surface area contributed by atoms with Crippen molar-refractivity contribution in [1.82, 2.24) is 10.2 Å². The van der Waals surface area contributed by atoms with Gasteiger partial charge in [-0.3, -0.25) is 14.4 Å². The van der Waals surface area contributed by atoms with E-state index in [0.717, 1.165) is 0 Å². The summed E-state index contributed by atoms with van der Waals surface area (Å²) in [5.41, 5.74) is 0. The lowest BCUT2D eigenvalue weighted by Crippen LogP contribution is -2.57. The molecule has 0 spiro atoms. The van der Waals surface area contributed by atoms with Crippen LogP contribution in [-0.2, 0) is 19.1 Å². The summed E-state index contributed by atoms with van der Waals surface area (Å²) >= 11 is 0. The molecule has 108 valence electrons. The van der Waals surface area contributed by atoms with Crippen molar-refractivity contribution in [2.45, 2.75) is 32.2 Å². The molecule has 0 aromatic carbocycles. The summed E-state index contributed by atoms with van der Waals surface area (Å²) in [5.74, 6) is -1.68. The van der Waals surface area contributed by atoms with Crippen molar-refractivity contribution < 1.29 is 24.2 Å². The number of amides is 2. The van der Waals surface area contributed by atoms with Crippen LogP contribution in [0.15, 0.2) is 0 Å². The number of hydrogen-bond donors (Lipinski definition) is 2. The van der Waals surface area contributed by atoms with Crippen LogP contribution >= 0.6 is 0 Å². The molecule has 1 heterocycles. The molecule has 0 aromatic rings. The summed E-state index contributed by atoms with van der Waals surface area (Å²) in [5, 5.41) is 11.4. The van der Waals surface area contributed by atoms with E-state index >= 15 is 0 Å². The molecule has 2 amide bonds. The molecule has 0 aromatic heterocycles. The van der Waals surface area contributed by atoms with E-state index in [-0.39, 0.29) is 18.7 Å². The highest BCUT2D eigenvalue weighted by molar-refractivity contribution is 5.91. The molecule has 7 nitrogen and oxygen atoms in total. The molecule has 1 saturated heterocycles. The van der Waals surface area contributed by atoms with E-state index in [1.165, 1.54) is 4.90 Å². The number of carboxylic acids is 1. The molecule has 2 N–H and O–H groups in total. The van der Waals surface area contributed by atoms with Gasteiger partial charge in [-0.15, -0.1) is 0 Å². The number of rotatable bonds is 7. The van der Waals surface area contributed by atoms with Gasteiger partial charge in [0.25, 0.3) is 0 Å². The molecule has 1 fully saturated rings. The maximum atomic E-state index is 12.0. The minimum atomic E-state index is -1.09. The SMILES string of the molecule is CCOCCCC(=O)N1CCNC(=O)C1CC(=O)O. The topological polar surface area (TPSA) is 95.9 Å². The Morgan fingerprint density at radius 2 is 2.26 bits per heavy atom. The Morgan fingerprint density at radius 3 is 2.89 bits per heavy atom. The number of nitrogens with zero attached hydrogens (tertiary/aromatic N) is 1. The van der Waals surface area contributed by atoms with E-state index in [9.17, 15) is 14.4 Å². The van der Waals surface area contributed by atoms with E-state index in [4.69, 9.17) is 9.84 Å². The third-order valence-electron chi connectivity index (χ3n) is 2.90. The predicted molar refractivity (Wildman–Crippen MR) is 66.5 cm³/mol. The zero-order chi connectivity index (χ0) is 14.3. The first-order valence-electron chi connectivity index (χ1n) is 6.43. The number of ether oxygens (including phenoxy) is 1. The number of piperazine rings is 1. The van der Waals surface area contributed by atoms with Crippen LogP contribution in [0.25, 0.3) is 0 Å². The van der Waals surface area contributed by atoms with Crippen molar-refractivity contribution in [2.75, 3.05) is 26.3 Å². The fraction of sp³-hybridized carbons (Fsp3) is 0.750. The summed E-state index contributed by atoms with van der Waals surface area (Å²) in [7, 11) is 0. The molecule has 1 rings (SSSR count). The van der Waals surface area contributed by atoms with Crippen LogP contribution < -0.4 is 5.32 Å². The summed E-state index contributed by atoms with van der Waals surface area (Å²) in [6.45, 7) is 3.69. The monoisotopic (exact) mass is 272 g/mol. The smallest absolute Gasteiger partial charge is 0.305 e. The van der Waals surface area contributed by atoms with Crippen LogP contribution in [0.2, 0.25) is 0 Å². The second kappa shape index (κ2) is 7.73. The lowest BCUT2D eigenvalue weighted by atomic mass is 10.1. The van der Waals surface area contributed by atoms with Gasteiger partial charge in [0.05, 0.1) is 6.42 Å². The fourth-order valence-electron chi connectivity index (χ4n) is 1.99. The average Bonchev–Trinajstić information content (AvgIpc) is 2.36. The average molecular weight is 272 g/mol. The zero-order valence-corrected chi connectivity index (χ0v) is 11.1. The zero-order valence-electron chi connectivity index (χ0n) is 11.1. The van der Waals surface area contributed by atoms with Gasteiger partial charge in [0.1, 0.15) is 6.04 Å². The van der Waals surface area contributed by atoms with Gasteiger partial charge in [0.15, 0.2) is 0 Å². The van der Waals surface area contributed by atoms with Gasteiger partial charge in [-0.1, -0.05) is 0 Å². The first-order chi connectivity index (χ1) is 9.06. The van der Waals surface area contributed by atoms with Gasteiger partial charge in [-0.2, -0.15) is 0 Å². The van der Waals surface area contributed by atoms with Crippen LogP contribution in [0.4, 0.5) is 0 Å². The van der Waals surface area contributed by atoms with Crippen LogP contribution in [-0.4, -0.2) is 60.1 Å². The molecule has 0 aliphatic carbocycles. The van der Waals surface area contributed by atoms with Crippen molar-refractivity contribution in [3.63, 3.8) is 0 Å². The Labute approximate surface area is 111 Å². The van der Waals surface area contributed by atoms with Gasteiger partial charge in [-0.25, -0.2) is 0 Å². The van der Waals surface area contributed by atoms with E-state index in [1.54, 1.807) is 0 Å². The largest absolute Gasteiger partial charge is 0.481 e. The molecule has 1 aliphatic rings. The van der Waals surface area contributed by atoms with Crippen LogP contribution in [0.3, 0.4) is 0 Å². The molecule has 1 atom stereocenters. The third-order valence-corrected chi connectivity index (χ3v) is 2.90. The van der Waals surface area contributed by atoms with E-state index in [0.29, 0.717) is 32.7 Å². The first-order valence-corrected chi connectivity index (χ1v) is 6.43. The van der Waals surface area contributed by atoms with Crippen molar-refractivity contribution >= 4 is 17.8 Å². The Hall–Kier alpha value is -1.63. The van der Waals surface area contributed by atoms with Crippen molar-refractivity contribution in [1.29, 1.82) is 0 Å². The fourth-order valence-corrected chi connectivity index (χ4v) is 1.99. The normalized spacial score (nSPS) is 19.1. The quantitative estimate of drug-likeness (QED) is 0.615. The van der Waals surface area contributed by atoms with Gasteiger partial charge >= 0.3 is 5.97 Å². The molecule has 0 saturated carbocycles. The van der Waals surface area contributed by atoms with Gasteiger partial charge in [-0.05, 0) is 13.3 Å². The highest BCUT2D eigenvalue weighted by Crippen LogP contribution is 2.11. The molecule has 1 aliphatic heterocycles. The van der Waals surface area contributed by atoms with Crippen LogP contribution in [0, 0.1) is 0 Å². The molecular formula is C12H20N2O5. The van der Waals surface area contributed by atoms with E-state index < -0.39 is 17.9 Å². The van der Waals surface area contributed by atoms with Crippen LogP contribution in [0.1, 0.15) is 26.2 Å². The number of carboxylic acid groups (broad SMARTS) is 1. The van der Waals surface area contributed by atoms with Crippen molar-refractivity contribution in [3.05, 3.63) is 0 Å². The van der Waals surface area contributed by atoms with Crippen molar-refractivity contribution in [2.24, 2.45) is 0 Å². The number of carbonyl (C=O) groups is 3. The highest BCUT2D eigenvalue weighted by Gasteiger charge is 2.34. The Morgan fingerprint density at radius 1 is 1.53 bits per heavy atom. The molecule has 1 unspecified atom stereocenters. The van der Waals surface area contributed by atoms with Gasteiger partial charge in [0.2, 0.25) is 11.8 Å². The highest BCUT2D eigenvalue weighted by atomic mass is 16.5. The first kappa shape index (κ1) is 15.4. The number of hydrogen-bond acceptors (Lipinski definition) is 4. The van der Waals surface area contributed by atoms with Crippen molar-refractivity contribution in [3.8, 4) is 0 Å². The number of carbonyl (C=O) groups excluding carboxylic acids is 2. The standard InChI is InChI=1S/C12H20N2O5/c1-2-19-7-3-4-10(15)14-6-5-13-12(18)9(14)8-11(16)17/h9H,2-8H2,1H3,(H,13,18)(H,16,17). The third kappa shape index (κ3) is 4.86. The van der Waals surface area contributed by atoms with Gasteiger partial charge in [0, 0.05) is 32.7 Å². The molecule has 7 heteroatoms. The Kier molecular flexibility index (Phi) is 6.27. The van der Waals surface area contributed by atoms with E-state index in [1.807, 2.05) is 6.92 Å². The minimum Gasteiger partial charge on any atom is -0.481 e. The summed E-state index contributed by atoms with van der Waals surface area (Å²) in [4.78, 5) is 35.7. The van der Waals surface area contributed by atoms with Gasteiger partial charge < -0.3 is 20.1 Å². The summed E-state index contributed by atoms with van der Waals surface area (Å²) in [6, 6.07) is -0.897. The lowest BCUT2D eigenvalue weighted by molar-refractivity contribution is -0.148. The molecule has 0 radical (unpaired) electrons. The Balaban J connectivity index is 2.53. The maximum absolute atomic E-state index is 12.0. The molecule has 0 bridgehead atoms. The number of nitrogens with one attached hydrogen (secondary N) is 1. The Bertz CT molecular complexity index is 345. The lowest BCUT2D eigenvalue weighted by Gasteiger charge is -2.34. The maximum Gasteiger partial charge on any atom is 0.305 e. The summed E-state index contributed by atoms with van der Waals surface area (Å²) < 4.78 is 5.14. The minimum absolute atomic E-state index is 0.194.